The molecule has 0 bridgehead atoms. The molecule has 8 N–H and O–H groups in total. The van der Waals surface area contributed by atoms with E-state index < -0.39 is 11.4 Å². The summed E-state index contributed by atoms with van der Waals surface area (Å²) in [5.74, 6) is 0.488. The second-order valence-electron chi connectivity index (χ2n) is 2.64. The third-order valence-electron chi connectivity index (χ3n) is 1.38. The first-order valence-corrected chi connectivity index (χ1v) is 4.20. The summed E-state index contributed by atoms with van der Waals surface area (Å²) in [6, 6.07) is 3.03. The molecule has 2 aromatic heterocycles. The van der Waals surface area contributed by atoms with E-state index in [1.165, 1.54) is 24.5 Å². The van der Waals surface area contributed by atoms with Crippen molar-refractivity contribution in [3.63, 3.8) is 0 Å². The van der Waals surface area contributed by atoms with Crippen LogP contribution in [0.2, 0.25) is 0 Å². The average molecular weight is 240 g/mol. The molecular weight excluding hydrogens is 228 g/mol. The van der Waals surface area contributed by atoms with Crippen LogP contribution in [0.25, 0.3) is 0 Å². The molecule has 0 saturated heterocycles. The van der Waals surface area contributed by atoms with Gasteiger partial charge in [0.25, 0.3) is 0 Å². The first-order chi connectivity index (χ1) is 7.58. The zero-order chi connectivity index (χ0) is 12.0. The number of anilines is 2. The van der Waals surface area contributed by atoms with Crippen LogP contribution in [0.4, 0.5) is 11.6 Å². The summed E-state index contributed by atoms with van der Waals surface area (Å²) in [7, 11) is 0. The highest BCUT2D eigenvalue weighted by Crippen LogP contribution is 1.83. The normalized spacial score (nSPS) is 8.47. The van der Waals surface area contributed by atoms with E-state index in [1.807, 2.05) is 0 Å². The van der Waals surface area contributed by atoms with Crippen LogP contribution in [0.5, 0.6) is 0 Å². The molecule has 0 saturated carbocycles. The summed E-state index contributed by atoms with van der Waals surface area (Å²) >= 11 is 0. The Morgan fingerprint density at radius 1 is 0.882 bits per heavy atom. The van der Waals surface area contributed by atoms with Gasteiger partial charge < -0.3 is 26.9 Å². The van der Waals surface area contributed by atoms with E-state index >= 15 is 0 Å². The number of nitrogens with zero attached hydrogens (tertiary/aromatic N) is 2. The fraction of sp³-hybridized carbons (Fsp3) is 0. The molecule has 0 aliphatic carbocycles. The first-order valence-electron chi connectivity index (χ1n) is 4.20. The van der Waals surface area contributed by atoms with Crippen molar-refractivity contribution >= 4 is 11.6 Å². The van der Waals surface area contributed by atoms with Gasteiger partial charge in [0, 0.05) is 12.4 Å². The summed E-state index contributed by atoms with van der Waals surface area (Å²) in [4.78, 5) is 31.8. The van der Waals surface area contributed by atoms with Crippen molar-refractivity contribution in [1.82, 2.24) is 19.9 Å². The molecular formula is C8H12N6O3. The summed E-state index contributed by atoms with van der Waals surface area (Å²) in [6.45, 7) is 0. The SMILES string of the molecule is Nc1cc[nH]c(=O)n1.Nc1cc[nH]c(=O)n1.O. The molecule has 92 valence electrons. The molecule has 2 rings (SSSR count). The van der Waals surface area contributed by atoms with E-state index in [0.29, 0.717) is 0 Å². The molecule has 2 heterocycles. The van der Waals surface area contributed by atoms with Crippen LogP contribution in [0, 0.1) is 0 Å². The van der Waals surface area contributed by atoms with E-state index in [4.69, 9.17) is 11.5 Å². The highest BCUT2D eigenvalue weighted by molar-refractivity contribution is 5.23. The number of aromatic amines is 2. The summed E-state index contributed by atoms with van der Waals surface area (Å²) in [5, 5.41) is 0. The van der Waals surface area contributed by atoms with Crippen LogP contribution in [-0.2, 0) is 0 Å². The van der Waals surface area contributed by atoms with E-state index in [1.54, 1.807) is 0 Å². The van der Waals surface area contributed by atoms with Gasteiger partial charge in [-0.05, 0) is 12.1 Å². The van der Waals surface area contributed by atoms with Crippen molar-refractivity contribution in [3.8, 4) is 0 Å². The lowest BCUT2D eigenvalue weighted by molar-refractivity contribution is 0.824. The van der Waals surface area contributed by atoms with Crippen molar-refractivity contribution in [3.05, 3.63) is 45.5 Å². The summed E-state index contributed by atoms with van der Waals surface area (Å²) < 4.78 is 0. The van der Waals surface area contributed by atoms with Gasteiger partial charge in [-0.25, -0.2) is 9.59 Å². The van der Waals surface area contributed by atoms with Gasteiger partial charge in [0.1, 0.15) is 11.6 Å². The maximum atomic E-state index is 10.2. The second kappa shape index (κ2) is 6.74. The van der Waals surface area contributed by atoms with Gasteiger partial charge in [-0.1, -0.05) is 0 Å². The Morgan fingerprint density at radius 2 is 1.24 bits per heavy atom. The maximum Gasteiger partial charge on any atom is 0.346 e. The molecule has 0 fully saturated rings. The molecule has 0 unspecified atom stereocenters. The summed E-state index contributed by atoms with van der Waals surface area (Å²) in [5.41, 5.74) is 9.43. The number of rotatable bonds is 0. The molecule has 0 spiro atoms. The van der Waals surface area contributed by atoms with Crippen LogP contribution in [0.15, 0.2) is 34.1 Å². The monoisotopic (exact) mass is 240 g/mol. The molecule has 0 aromatic carbocycles. The van der Waals surface area contributed by atoms with Crippen LogP contribution < -0.4 is 22.8 Å². The zero-order valence-corrected chi connectivity index (χ0v) is 8.68. The Hall–Kier alpha value is -2.68. The Bertz CT molecular complexity index is 512. The van der Waals surface area contributed by atoms with Crippen LogP contribution in [0.3, 0.4) is 0 Å². The van der Waals surface area contributed by atoms with Crippen LogP contribution in [-0.4, -0.2) is 25.4 Å². The smallest absolute Gasteiger partial charge is 0.346 e. The van der Waals surface area contributed by atoms with Gasteiger partial charge in [-0.2, -0.15) is 9.97 Å². The number of hydrogen-bond donors (Lipinski definition) is 4. The molecule has 0 amide bonds. The van der Waals surface area contributed by atoms with Gasteiger partial charge in [-0.3, -0.25) is 0 Å². The zero-order valence-electron chi connectivity index (χ0n) is 8.68. The van der Waals surface area contributed by atoms with Gasteiger partial charge in [0.05, 0.1) is 0 Å². The van der Waals surface area contributed by atoms with Crippen molar-refractivity contribution in [2.24, 2.45) is 0 Å². The third-order valence-corrected chi connectivity index (χ3v) is 1.38. The predicted octanol–water partition coefficient (Wildman–Crippen LogP) is -2.12. The van der Waals surface area contributed by atoms with Crippen LogP contribution >= 0.6 is 0 Å². The predicted molar refractivity (Wildman–Crippen MR) is 62.2 cm³/mol. The quantitative estimate of drug-likeness (QED) is 0.409. The number of nitrogens with one attached hydrogen (secondary N) is 2. The molecule has 0 radical (unpaired) electrons. The van der Waals surface area contributed by atoms with Gasteiger partial charge in [-0.15, -0.1) is 0 Å². The van der Waals surface area contributed by atoms with Crippen molar-refractivity contribution in [2.75, 3.05) is 11.5 Å². The molecule has 0 aliphatic rings. The fourth-order valence-electron chi connectivity index (χ4n) is 0.770. The van der Waals surface area contributed by atoms with Crippen LogP contribution in [0.1, 0.15) is 0 Å². The lowest BCUT2D eigenvalue weighted by atomic mass is 10.6. The molecule has 2 aromatic rings. The molecule has 9 heteroatoms. The Morgan fingerprint density at radius 3 is 1.41 bits per heavy atom. The standard InChI is InChI=1S/2C4H5N3O.H2O/c2*5-3-1-2-6-4(8)7-3;/h2*1-2H,(H3,5,6,7,8);1H2. The number of aromatic nitrogens is 4. The number of nitrogens with two attached hydrogens (primary N) is 2. The minimum Gasteiger partial charge on any atom is -0.412 e. The van der Waals surface area contributed by atoms with Gasteiger partial charge >= 0.3 is 11.4 Å². The van der Waals surface area contributed by atoms with E-state index in [2.05, 4.69) is 19.9 Å². The summed E-state index contributed by atoms with van der Waals surface area (Å²) in [6.07, 6.45) is 2.90. The topological polar surface area (TPSA) is 175 Å². The average Bonchev–Trinajstić information content (AvgIpc) is 2.17. The van der Waals surface area contributed by atoms with Crippen molar-refractivity contribution < 1.29 is 5.48 Å². The number of H-pyrrole nitrogens is 2. The number of nitrogen functional groups attached to an aromatic ring is 2. The van der Waals surface area contributed by atoms with E-state index in [9.17, 15) is 9.59 Å². The first kappa shape index (κ1) is 14.3. The molecule has 0 atom stereocenters. The maximum absolute atomic E-state index is 10.2. The molecule has 9 nitrogen and oxygen atoms in total. The van der Waals surface area contributed by atoms with Gasteiger partial charge in [0.15, 0.2) is 0 Å². The van der Waals surface area contributed by atoms with Gasteiger partial charge in [0.2, 0.25) is 0 Å². The van der Waals surface area contributed by atoms with Crippen molar-refractivity contribution in [2.45, 2.75) is 0 Å². The number of hydrogen-bond acceptors (Lipinski definition) is 6. The van der Waals surface area contributed by atoms with E-state index in [-0.39, 0.29) is 17.1 Å². The fourth-order valence-corrected chi connectivity index (χ4v) is 0.770. The second-order valence-corrected chi connectivity index (χ2v) is 2.64. The Kier molecular flexibility index (Phi) is 5.68. The highest BCUT2D eigenvalue weighted by Gasteiger charge is 1.82. The third kappa shape index (κ3) is 5.69. The molecule has 17 heavy (non-hydrogen) atoms. The van der Waals surface area contributed by atoms with Crippen molar-refractivity contribution in [1.29, 1.82) is 0 Å². The largest absolute Gasteiger partial charge is 0.412 e. The molecule has 0 aliphatic heterocycles. The lowest BCUT2D eigenvalue weighted by Crippen LogP contribution is -2.10. The Balaban J connectivity index is 0.000000284. The Labute approximate surface area is 94.9 Å². The lowest BCUT2D eigenvalue weighted by Gasteiger charge is -1.83. The highest BCUT2D eigenvalue weighted by atomic mass is 16.1. The minimum atomic E-state index is -0.412. The minimum absolute atomic E-state index is 0. The van der Waals surface area contributed by atoms with E-state index in [0.717, 1.165) is 0 Å².